The highest BCUT2D eigenvalue weighted by atomic mass is 16.3. The summed E-state index contributed by atoms with van der Waals surface area (Å²) >= 11 is 0. The van der Waals surface area contributed by atoms with Gasteiger partial charge in [0, 0.05) is 45.1 Å². The maximum absolute atomic E-state index is 13.7. The minimum absolute atomic E-state index is 0.121. The first-order valence-electron chi connectivity index (χ1n) is 13.3. The number of nitrogens with zero attached hydrogens (tertiary/aromatic N) is 7. The lowest BCUT2D eigenvalue weighted by molar-refractivity contribution is -0.133. The normalized spacial score (nSPS) is 15.2. The molecule has 3 aromatic heterocycles. The summed E-state index contributed by atoms with van der Waals surface area (Å²) in [6, 6.07) is 23.8. The first kappa shape index (κ1) is 25.0. The number of aromatic nitrogens is 5. The van der Waals surface area contributed by atoms with Gasteiger partial charge in [0.05, 0.1) is 24.9 Å². The third kappa shape index (κ3) is 5.32. The lowest BCUT2D eigenvalue weighted by Gasteiger charge is -2.37. The number of β-amino-alcohol motifs (C(OH)–C–C–N with tert-alkyl or cyclic N) is 1. The molecule has 0 radical (unpaired) electrons. The Labute approximate surface area is 227 Å². The summed E-state index contributed by atoms with van der Waals surface area (Å²) in [6.07, 6.45) is 6.47. The van der Waals surface area contributed by atoms with Gasteiger partial charge < -0.3 is 19.1 Å². The molecular weight excluding hydrogens is 490 g/mol. The van der Waals surface area contributed by atoms with Crippen LogP contribution in [0.1, 0.15) is 17.0 Å². The van der Waals surface area contributed by atoms with Gasteiger partial charge in [-0.3, -0.25) is 9.69 Å². The van der Waals surface area contributed by atoms with E-state index in [1.807, 2.05) is 99.2 Å². The van der Waals surface area contributed by atoms with Gasteiger partial charge in [0.2, 0.25) is 5.91 Å². The monoisotopic (exact) mass is 521 g/mol. The summed E-state index contributed by atoms with van der Waals surface area (Å²) in [6.45, 7) is 3.57. The van der Waals surface area contributed by atoms with Crippen LogP contribution >= 0.6 is 0 Å². The van der Waals surface area contributed by atoms with Gasteiger partial charge in [-0.25, -0.2) is 15.0 Å². The highest BCUT2D eigenvalue weighted by Gasteiger charge is 2.30. The maximum Gasteiger partial charge on any atom is 0.234 e. The summed E-state index contributed by atoms with van der Waals surface area (Å²) in [7, 11) is 0. The number of aliphatic hydroxyl groups excluding tert-OH is 1. The fourth-order valence-electron chi connectivity index (χ4n) is 5.35. The topological polar surface area (TPSA) is 92.3 Å². The molecule has 1 aliphatic rings. The Kier molecular flexibility index (Phi) is 7.16. The second kappa shape index (κ2) is 11.2. The predicted molar refractivity (Wildman–Crippen MR) is 148 cm³/mol. The van der Waals surface area contributed by atoms with E-state index in [1.54, 1.807) is 6.33 Å². The maximum atomic E-state index is 13.7. The van der Waals surface area contributed by atoms with Crippen molar-refractivity contribution in [1.29, 1.82) is 0 Å². The van der Waals surface area contributed by atoms with Gasteiger partial charge >= 0.3 is 0 Å². The molecule has 2 aromatic carbocycles. The van der Waals surface area contributed by atoms with Gasteiger partial charge in [-0.2, -0.15) is 0 Å². The van der Waals surface area contributed by atoms with Crippen LogP contribution in [0.4, 0.5) is 0 Å². The molecule has 39 heavy (non-hydrogen) atoms. The van der Waals surface area contributed by atoms with E-state index in [9.17, 15) is 9.90 Å². The smallest absolute Gasteiger partial charge is 0.234 e. The SMILES string of the molecule is O=C(C(c1ccccc1)c1ccccc1)N1CCN(CC(O)Cn2cnc3c(-n4cccc4)ncnc32)CC1. The first-order valence-corrected chi connectivity index (χ1v) is 13.3. The van der Waals surface area contributed by atoms with Crippen LogP contribution < -0.4 is 0 Å². The molecule has 1 amide bonds. The average molecular weight is 522 g/mol. The third-order valence-electron chi connectivity index (χ3n) is 7.30. The van der Waals surface area contributed by atoms with Gasteiger partial charge in [0.15, 0.2) is 17.0 Å². The standard InChI is InChI=1S/C30H31N7O2/c38-25(20-37-22-33-27-28(31-21-32-29(27)37)35-13-7-8-14-35)19-34-15-17-36(18-16-34)30(39)26(23-9-3-1-4-10-23)24-11-5-2-6-12-24/h1-14,21-22,25-26,38H,15-20H2. The van der Waals surface area contributed by atoms with Crippen LogP contribution in [-0.2, 0) is 11.3 Å². The second-order valence-corrected chi connectivity index (χ2v) is 9.89. The molecule has 1 aliphatic heterocycles. The van der Waals surface area contributed by atoms with Gasteiger partial charge in [-0.05, 0) is 23.3 Å². The summed E-state index contributed by atoms with van der Waals surface area (Å²) in [5.74, 6) is 0.511. The lowest BCUT2D eigenvalue weighted by atomic mass is 9.90. The number of amides is 1. The number of rotatable bonds is 8. The number of benzene rings is 2. The van der Waals surface area contributed by atoms with E-state index in [0.29, 0.717) is 56.3 Å². The molecule has 5 aromatic rings. The van der Waals surface area contributed by atoms with Crippen molar-refractivity contribution in [2.24, 2.45) is 0 Å². The van der Waals surface area contributed by atoms with E-state index in [2.05, 4.69) is 19.9 Å². The van der Waals surface area contributed by atoms with Gasteiger partial charge in [0.1, 0.15) is 6.33 Å². The summed E-state index contributed by atoms with van der Waals surface area (Å²) in [5.41, 5.74) is 3.39. The predicted octanol–water partition coefficient (Wildman–Crippen LogP) is 2.95. The summed E-state index contributed by atoms with van der Waals surface area (Å²) < 4.78 is 3.78. The van der Waals surface area contributed by atoms with Gasteiger partial charge in [-0.15, -0.1) is 0 Å². The number of piperazine rings is 1. The van der Waals surface area contributed by atoms with Crippen molar-refractivity contribution in [3.63, 3.8) is 0 Å². The van der Waals surface area contributed by atoms with E-state index in [4.69, 9.17) is 0 Å². The van der Waals surface area contributed by atoms with Crippen molar-refractivity contribution < 1.29 is 9.90 Å². The Bertz CT molecular complexity index is 1470. The van der Waals surface area contributed by atoms with Crippen LogP contribution in [0.15, 0.2) is 97.8 Å². The van der Waals surface area contributed by atoms with E-state index < -0.39 is 6.10 Å². The van der Waals surface area contributed by atoms with Crippen molar-refractivity contribution in [1.82, 2.24) is 33.9 Å². The summed E-state index contributed by atoms with van der Waals surface area (Å²) in [4.78, 5) is 31.2. The minimum Gasteiger partial charge on any atom is -0.390 e. The van der Waals surface area contributed by atoms with Crippen LogP contribution in [0.3, 0.4) is 0 Å². The number of imidazole rings is 1. The Morgan fingerprint density at radius 3 is 2.08 bits per heavy atom. The highest BCUT2D eigenvalue weighted by Crippen LogP contribution is 2.27. The van der Waals surface area contributed by atoms with Crippen LogP contribution in [0.5, 0.6) is 0 Å². The van der Waals surface area contributed by atoms with Crippen LogP contribution in [-0.4, -0.2) is 83.7 Å². The quantitative estimate of drug-likeness (QED) is 0.338. The van der Waals surface area contributed by atoms with Crippen molar-refractivity contribution >= 4 is 17.1 Å². The number of hydrogen-bond donors (Lipinski definition) is 1. The van der Waals surface area contributed by atoms with Crippen LogP contribution in [0.25, 0.3) is 17.0 Å². The van der Waals surface area contributed by atoms with Gasteiger partial charge in [-0.1, -0.05) is 60.7 Å². The zero-order valence-electron chi connectivity index (χ0n) is 21.6. The van der Waals surface area contributed by atoms with E-state index in [0.717, 1.165) is 11.1 Å². The molecule has 1 fully saturated rings. The zero-order valence-corrected chi connectivity index (χ0v) is 21.6. The Balaban J connectivity index is 1.08. The van der Waals surface area contributed by atoms with E-state index >= 15 is 0 Å². The molecule has 4 heterocycles. The number of hydrogen-bond acceptors (Lipinski definition) is 6. The first-order chi connectivity index (χ1) is 19.2. The molecule has 0 bridgehead atoms. The summed E-state index contributed by atoms with van der Waals surface area (Å²) in [5, 5.41) is 10.9. The molecule has 1 saturated heterocycles. The molecule has 198 valence electrons. The minimum atomic E-state index is -0.601. The highest BCUT2D eigenvalue weighted by molar-refractivity contribution is 5.87. The second-order valence-electron chi connectivity index (χ2n) is 9.89. The number of fused-ring (bicyclic) bond motifs is 1. The molecule has 1 N–H and O–H groups in total. The molecular formula is C30H31N7O2. The Morgan fingerprint density at radius 2 is 1.44 bits per heavy atom. The van der Waals surface area contributed by atoms with Gasteiger partial charge in [0.25, 0.3) is 0 Å². The van der Waals surface area contributed by atoms with Crippen molar-refractivity contribution in [2.45, 2.75) is 18.6 Å². The van der Waals surface area contributed by atoms with Crippen LogP contribution in [0, 0.1) is 0 Å². The average Bonchev–Trinajstić information content (AvgIpc) is 3.66. The molecule has 0 spiro atoms. The molecule has 1 unspecified atom stereocenters. The van der Waals surface area contributed by atoms with E-state index in [-0.39, 0.29) is 11.8 Å². The van der Waals surface area contributed by atoms with Crippen LogP contribution in [0.2, 0.25) is 0 Å². The number of aliphatic hydroxyl groups is 1. The number of carbonyl (C=O) groups is 1. The molecule has 6 rings (SSSR count). The number of carbonyl (C=O) groups excluding carboxylic acids is 1. The molecule has 0 aliphatic carbocycles. The molecule has 9 nitrogen and oxygen atoms in total. The molecule has 1 atom stereocenters. The zero-order chi connectivity index (χ0) is 26.6. The fraction of sp³-hybridized carbons (Fsp3) is 0.267. The van der Waals surface area contributed by atoms with Crippen molar-refractivity contribution in [3.05, 3.63) is 109 Å². The molecule has 9 heteroatoms. The lowest BCUT2D eigenvalue weighted by Crippen LogP contribution is -2.51. The third-order valence-corrected chi connectivity index (χ3v) is 7.30. The molecule has 0 saturated carbocycles. The van der Waals surface area contributed by atoms with Crippen molar-refractivity contribution in [3.8, 4) is 5.82 Å². The Hall–Kier alpha value is -4.34. The largest absolute Gasteiger partial charge is 0.390 e. The van der Waals surface area contributed by atoms with Crippen molar-refractivity contribution in [2.75, 3.05) is 32.7 Å². The Morgan fingerprint density at radius 1 is 0.795 bits per heavy atom. The fourth-order valence-corrected chi connectivity index (χ4v) is 5.35. The van der Waals surface area contributed by atoms with E-state index in [1.165, 1.54) is 6.33 Å².